The topological polar surface area (TPSA) is 116 Å². The zero-order valence-corrected chi connectivity index (χ0v) is 16.2. The van der Waals surface area contributed by atoms with E-state index in [9.17, 15) is 14.4 Å². The summed E-state index contributed by atoms with van der Waals surface area (Å²) in [5.74, 6) is -0.357. The van der Waals surface area contributed by atoms with Crippen molar-refractivity contribution >= 4 is 34.6 Å². The quantitative estimate of drug-likeness (QED) is 0.742. The molecule has 1 aliphatic heterocycles. The van der Waals surface area contributed by atoms with Gasteiger partial charge in [-0.1, -0.05) is 12.1 Å². The molecule has 1 aliphatic rings. The Hall–Kier alpha value is -3.10. The average Bonchev–Trinajstić information content (AvgIpc) is 3.26. The Morgan fingerprint density at radius 3 is 2.79 bits per heavy atom. The van der Waals surface area contributed by atoms with Gasteiger partial charge in [-0.15, -0.1) is 0 Å². The number of benzene rings is 1. The number of fused-ring (bicyclic) bond motifs is 1. The van der Waals surface area contributed by atoms with Crippen LogP contribution in [0.5, 0.6) is 0 Å². The Bertz CT molecular complexity index is 886. The Labute approximate surface area is 162 Å². The highest BCUT2D eigenvalue weighted by Gasteiger charge is 2.36. The fourth-order valence-corrected chi connectivity index (χ4v) is 3.10. The Morgan fingerprint density at radius 1 is 1.29 bits per heavy atom. The van der Waals surface area contributed by atoms with Crippen molar-refractivity contribution in [1.29, 1.82) is 0 Å². The zero-order valence-electron chi connectivity index (χ0n) is 16.2. The lowest BCUT2D eigenvalue weighted by Crippen LogP contribution is -2.48. The summed E-state index contributed by atoms with van der Waals surface area (Å²) in [7, 11) is 0. The number of H-pyrrole nitrogens is 1. The van der Waals surface area contributed by atoms with Crippen LogP contribution in [0.1, 0.15) is 33.6 Å². The molecule has 1 aromatic heterocycles. The molecule has 2 aromatic rings. The minimum atomic E-state index is -0.632. The van der Waals surface area contributed by atoms with E-state index < -0.39 is 23.6 Å². The van der Waals surface area contributed by atoms with Crippen LogP contribution in [-0.4, -0.2) is 57.7 Å². The maximum atomic E-state index is 12.5. The summed E-state index contributed by atoms with van der Waals surface area (Å²) in [6.07, 6.45) is 0.733. The molecule has 0 unspecified atom stereocenters. The summed E-state index contributed by atoms with van der Waals surface area (Å²) < 4.78 is 5.35. The number of likely N-dealkylation sites (tertiary alicyclic amines) is 1. The van der Waals surface area contributed by atoms with Crippen molar-refractivity contribution < 1.29 is 19.1 Å². The molecule has 9 heteroatoms. The molecule has 1 aromatic carbocycles. The molecule has 0 saturated carbocycles. The molecule has 1 fully saturated rings. The number of amides is 3. The number of aromatic nitrogens is 2. The standard InChI is InChI=1S/C19H25N5O4/c1-19(2,3)28-18(27)24-10-6-9-14(24)17(26)20-11-15(25)21-16-12-7-4-5-8-13(12)22-23-16/h4-5,7-8,14H,6,9-11H2,1-3H3,(H,20,26)(H2,21,22,23,25)/t14-/m0/s1. The highest BCUT2D eigenvalue weighted by Crippen LogP contribution is 2.21. The number of nitrogens with one attached hydrogen (secondary N) is 3. The lowest BCUT2D eigenvalue weighted by molar-refractivity contribution is -0.127. The van der Waals surface area contributed by atoms with Gasteiger partial charge in [0.2, 0.25) is 11.8 Å². The van der Waals surface area contributed by atoms with Crippen molar-refractivity contribution in [1.82, 2.24) is 20.4 Å². The summed E-state index contributed by atoms with van der Waals surface area (Å²) in [6.45, 7) is 5.58. The average molecular weight is 387 g/mol. The van der Waals surface area contributed by atoms with Gasteiger partial charge >= 0.3 is 6.09 Å². The second-order valence-corrected chi connectivity index (χ2v) is 7.72. The number of hydrogen-bond acceptors (Lipinski definition) is 5. The normalized spacial score (nSPS) is 16.8. The Morgan fingerprint density at radius 2 is 2.04 bits per heavy atom. The fraction of sp³-hybridized carbons (Fsp3) is 0.474. The second kappa shape index (κ2) is 7.87. The van der Waals surface area contributed by atoms with Gasteiger partial charge in [-0.25, -0.2) is 4.79 Å². The summed E-state index contributed by atoms with van der Waals surface area (Å²) in [4.78, 5) is 38.4. The number of anilines is 1. The number of hydrogen-bond donors (Lipinski definition) is 3. The highest BCUT2D eigenvalue weighted by molar-refractivity contribution is 6.01. The number of rotatable bonds is 4. The number of nitrogens with zero attached hydrogens (tertiary/aromatic N) is 2. The third-order valence-electron chi connectivity index (χ3n) is 4.33. The van der Waals surface area contributed by atoms with Gasteiger partial charge in [0.1, 0.15) is 11.6 Å². The van der Waals surface area contributed by atoms with Crippen molar-refractivity contribution in [2.75, 3.05) is 18.4 Å². The Kier molecular flexibility index (Phi) is 5.53. The monoisotopic (exact) mass is 387 g/mol. The molecule has 3 amide bonds. The number of ether oxygens (including phenoxy) is 1. The second-order valence-electron chi connectivity index (χ2n) is 7.72. The summed E-state index contributed by atoms with van der Waals surface area (Å²) in [5, 5.41) is 13.0. The highest BCUT2D eigenvalue weighted by atomic mass is 16.6. The van der Waals surface area contributed by atoms with Crippen molar-refractivity contribution in [3.63, 3.8) is 0 Å². The number of carbonyl (C=O) groups excluding carboxylic acids is 3. The SMILES string of the molecule is CC(C)(C)OC(=O)N1CCC[C@H]1C(=O)NCC(=O)Nc1n[nH]c2ccccc12. The number of aromatic amines is 1. The lowest BCUT2D eigenvalue weighted by Gasteiger charge is -2.27. The zero-order chi connectivity index (χ0) is 20.3. The Balaban J connectivity index is 1.54. The maximum Gasteiger partial charge on any atom is 0.410 e. The van der Waals surface area contributed by atoms with Crippen molar-refractivity contribution in [3.8, 4) is 0 Å². The molecule has 3 N–H and O–H groups in total. The van der Waals surface area contributed by atoms with Crippen molar-refractivity contribution in [2.45, 2.75) is 45.3 Å². The number of carbonyl (C=O) groups is 3. The van der Waals surface area contributed by atoms with Crippen LogP contribution in [0, 0.1) is 0 Å². The predicted molar refractivity (Wildman–Crippen MR) is 104 cm³/mol. The number of para-hydroxylation sites is 1. The fourth-order valence-electron chi connectivity index (χ4n) is 3.10. The molecule has 28 heavy (non-hydrogen) atoms. The van der Waals surface area contributed by atoms with Gasteiger partial charge in [0.25, 0.3) is 0 Å². The van der Waals surface area contributed by atoms with E-state index in [0.29, 0.717) is 25.2 Å². The third kappa shape index (κ3) is 4.59. The maximum absolute atomic E-state index is 12.5. The van der Waals surface area contributed by atoms with Crippen LogP contribution < -0.4 is 10.6 Å². The van der Waals surface area contributed by atoms with Crippen molar-refractivity contribution in [3.05, 3.63) is 24.3 Å². The first-order chi connectivity index (χ1) is 13.2. The molecule has 0 radical (unpaired) electrons. The van der Waals surface area contributed by atoms with Gasteiger partial charge in [0.05, 0.1) is 12.1 Å². The van der Waals surface area contributed by atoms with Gasteiger partial charge in [-0.2, -0.15) is 5.10 Å². The van der Waals surface area contributed by atoms with E-state index in [0.717, 1.165) is 10.9 Å². The first-order valence-corrected chi connectivity index (χ1v) is 9.25. The third-order valence-corrected chi connectivity index (χ3v) is 4.33. The molecular formula is C19H25N5O4. The molecule has 1 saturated heterocycles. The minimum Gasteiger partial charge on any atom is -0.444 e. The predicted octanol–water partition coefficient (Wildman–Crippen LogP) is 2.02. The first-order valence-electron chi connectivity index (χ1n) is 9.25. The molecule has 1 atom stereocenters. The van der Waals surface area contributed by atoms with Crippen LogP contribution in [-0.2, 0) is 14.3 Å². The first kappa shape index (κ1) is 19.7. The van der Waals surface area contributed by atoms with E-state index in [1.807, 2.05) is 24.3 Å². The van der Waals surface area contributed by atoms with Crippen LogP contribution in [0.4, 0.5) is 10.6 Å². The minimum absolute atomic E-state index is 0.210. The van der Waals surface area contributed by atoms with Gasteiger partial charge < -0.3 is 15.4 Å². The molecule has 9 nitrogen and oxygen atoms in total. The van der Waals surface area contributed by atoms with Crippen LogP contribution in [0.3, 0.4) is 0 Å². The van der Waals surface area contributed by atoms with Gasteiger partial charge in [-0.3, -0.25) is 19.6 Å². The lowest BCUT2D eigenvalue weighted by atomic mass is 10.2. The van der Waals surface area contributed by atoms with E-state index >= 15 is 0 Å². The van der Waals surface area contributed by atoms with Gasteiger partial charge in [0, 0.05) is 11.9 Å². The van der Waals surface area contributed by atoms with E-state index in [1.54, 1.807) is 20.8 Å². The van der Waals surface area contributed by atoms with E-state index in [-0.39, 0.29) is 12.5 Å². The summed E-state index contributed by atoms with van der Waals surface area (Å²) in [5.41, 5.74) is 0.174. The van der Waals surface area contributed by atoms with Gasteiger partial charge in [0.15, 0.2) is 5.82 Å². The van der Waals surface area contributed by atoms with Gasteiger partial charge in [-0.05, 0) is 45.7 Å². The van der Waals surface area contributed by atoms with Crippen LogP contribution in [0.2, 0.25) is 0 Å². The summed E-state index contributed by atoms with van der Waals surface area (Å²) in [6, 6.07) is 6.77. The molecular weight excluding hydrogens is 362 g/mol. The van der Waals surface area contributed by atoms with Crippen molar-refractivity contribution in [2.24, 2.45) is 0 Å². The largest absolute Gasteiger partial charge is 0.444 e. The molecule has 0 aliphatic carbocycles. The molecule has 150 valence electrons. The molecule has 0 spiro atoms. The van der Waals surface area contributed by atoms with E-state index in [1.165, 1.54) is 4.90 Å². The van der Waals surface area contributed by atoms with E-state index in [4.69, 9.17) is 4.74 Å². The van der Waals surface area contributed by atoms with Crippen LogP contribution in [0.25, 0.3) is 10.9 Å². The van der Waals surface area contributed by atoms with Crippen LogP contribution >= 0.6 is 0 Å². The molecule has 3 rings (SSSR count). The van der Waals surface area contributed by atoms with E-state index in [2.05, 4.69) is 20.8 Å². The van der Waals surface area contributed by atoms with Crippen LogP contribution in [0.15, 0.2) is 24.3 Å². The molecule has 0 bridgehead atoms. The molecule has 2 heterocycles. The smallest absolute Gasteiger partial charge is 0.410 e. The summed E-state index contributed by atoms with van der Waals surface area (Å²) >= 11 is 0.